The van der Waals surface area contributed by atoms with E-state index in [0.29, 0.717) is 22.4 Å². The smallest absolute Gasteiger partial charge is 0.130 e. The molecule has 18 heavy (non-hydrogen) atoms. The molecule has 2 rings (SSSR count). The molecule has 0 aliphatic rings. The van der Waals surface area contributed by atoms with Crippen LogP contribution < -0.4 is 15.2 Å². The van der Waals surface area contributed by atoms with E-state index in [1.54, 1.807) is 20.3 Å². The summed E-state index contributed by atoms with van der Waals surface area (Å²) >= 11 is 0. The fourth-order valence-electron chi connectivity index (χ4n) is 2.00. The highest BCUT2D eigenvalue weighted by molar-refractivity contribution is 6.11. The molecule has 0 aliphatic carbocycles. The molecule has 1 aromatic carbocycles. The van der Waals surface area contributed by atoms with Crippen molar-refractivity contribution < 1.29 is 9.47 Å². The zero-order valence-corrected chi connectivity index (χ0v) is 10.6. The van der Waals surface area contributed by atoms with E-state index in [-0.39, 0.29) is 5.84 Å². The van der Waals surface area contributed by atoms with Gasteiger partial charge in [0.15, 0.2) is 0 Å². The second kappa shape index (κ2) is 4.52. The molecule has 3 N–H and O–H groups in total. The van der Waals surface area contributed by atoms with E-state index >= 15 is 0 Å². The molecule has 2 aromatic rings. The summed E-state index contributed by atoms with van der Waals surface area (Å²) in [7, 11) is 3.12. The van der Waals surface area contributed by atoms with Gasteiger partial charge in [-0.15, -0.1) is 0 Å². The number of aromatic nitrogens is 1. The number of nitrogen functional groups attached to an aromatic ring is 1. The van der Waals surface area contributed by atoms with Crippen molar-refractivity contribution >= 4 is 16.7 Å². The molecule has 0 unspecified atom stereocenters. The Bertz CT molecular complexity index is 623. The fourth-order valence-corrected chi connectivity index (χ4v) is 2.00. The van der Waals surface area contributed by atoms with Crippen molar-refractivity contribution in [3.8, 4) is 11.5 Å². The van der Waals surface area contributed by atoms with E-state index in [9.17, 15) is 0 Å². The molecule has 1 aromatic heterocycles. The Kier molecular flexibility index (Phi) is 3.06. The van der Waals surface area contributed by atoms with Crippen LogP contribution in [0.3, 0.4) is 0 Å². The van der Waals surface area contributed by atoms with Crippen LogP contribution in [0, 0.1) is 12.3 Å². The zero-order chi connectivity index (χ0) is 13.3. The van der Waals surface area contributed by atoms with Crippen LogP contribution >= 0.6 is 0 Å². The van der Waals surface area contributed by atoms with Crippen molar-refractivity contribution in [2.24, 2.45) is 5.73 Å². The van der Waals surface area contributed by atoms with Crippen molar-refractivity contribution in [1.29, 1.82) is 5.41 Å². The number of rotatable bonds is 3. The summed E-state index contributed by atoms with van der Waals surface area (Å²) in [6, 6.07) is 5.40. The topological polar surface area (TPSA) is 81.2 Å². The summed E-state index contributed by atoms with van der Waals surface area (Å²) in [6.07, 6.45) is 0. The molecular formula is C13H15N3O2. The molecule has 0 fully saturated rings. The van der Waals surface area contributed by atoms with Gasteiger partial charge < -0.3 is 15.2 Å². The van der Waals surface area contributed by atoms with Gasteiger partial charge in [-0.25, -0.2) is 0 Å². The minimum atomic E-state index is -0.0681. The van der Waals surface area contributed by atoms with E-state index in [4.69, 9.17) is 20.6 Å². The van der Waals surface area contributed by atoms with Crippen molar-refractivity contribution in [1.82, 2.24) is 4.98 Å². The molecule has 0 atom stereocenters. The summed E-state index contributed by atoms with van der Waals surface area (Å²) in [5.74, 6) is 1.11. The molecule has 0 amide bonds. The molecule has 5 heteroatoms. The second-order valence-corrected chi connectivity index (χ2v) is 3.92. The lowest BCUT2D eigenvalue weighted by Gasteiger charge is -2.13. The Labute approximate surface area is 105 Å². The average Bonchev–Trinajstić information content (AvgIpc) is 2.35. The summed E-state index contributed by atoms with van der Waals surface area (Å²) in [4.78, 5) is 4.41. The van der Waals surface area contributed by atoms with Gasteiger partial charge >= 0.3 is 0 Å². The highest BCUT2D eigenvalue weighted by Crippen LogP contribution is 2.33. The van der Waals surface area contributed by atoms with Crippen LogP contribution in [-0.4, -0.2) is 25.0 Å². The summed E-state index contributed by atoms with van der Waals surface area (Å²) in [5, 5.41) is 8.41. The van der Waals surface area contributed by atoms with Crippen LogP contribution in [0.5, 0.6) is 11.5 Å². The number of nitrogens with zero attached hydrogens (tertiary/aromatic N) is 1. The minimum absolute atomic E-state index is 0.0681. The average molecular weight is 245 g/mol. The first-order valence-electron chi connectivity index (χ1n) is 5.45. The molecule has 5 nitrogen and oxygen atoms in total. The van der Waals surface area contributed by atoms with Crippen molar-refractivity contribution in [2.45, 2.75) is 6.92 Å². The maximum atomic E-state index is 7.70. The quantitative estimate of drug-likeness (QED) is 0.638. The molecule has 0 spiro atoms. The van der Waals surface area contributed by atoms with E-state index in [2.05, 4.69) is 4.98 Å². The predicted molar refractivity (Wildman–Crippen MR) is 70.6 cm³/mol. The third-order valence-electron chi connectivity index (χ3n) is 2.74. The van der Waals surface area contributed by atoms with E-state index in [1.807, 2.05) is 19.1 Å². The Morgan fingerprint density at radius 3 is 2.44 bits per heavy atom. The first-order valence-corrected chi connectivity index (χ1v) is 5.45. The molecule has 0 saturated carbocycles. The number of fused-ring (bicyclic) bond motifs is 1. The van der Waals surface area contributed by atoms with E-state index in [1.165, 1.54) is 0 Å². The highest BCUT2D eigenvalue weighted by Gasteiger charge is 2.16. The largest absolute Gasteiger partial charge is 0.496 e. The second-order valence-electron chi connectivity index (χ2n) is 3.92. The number of ether oxygens (including phenoxy) is 2. The van der Waals surface area contributed by atoms with Crippen LogP contribution in [0.2, 0.25) is 0 Å². The van der Waals surface area contributed by atoms with Crippen LogP contribution in [0.15, 0.2) is 18.2 Å². The first-order chi connectivity index (χ1) is 8.58. The summed E-state index contributed by atoms with van der Waals surface area (Å²) in [6.45, 7) is 1.89. The summed E-state index contributed by atoms with van der Waals surface area (Å²) < 4.78 is 10.6. The van der Waals surface area contributed by atoms with Gasteiger partial charge in [-0.3, -0.25) is 10.4 Å². The molecule has 0 bridgehead atoms. The Morgan fingerprint density at radius 2 is 1.89 bits per heavy atom. The van der Waals surface area contributed by atoms with Crippen LogP contribution in [0.1, 0.15) is 11.3 Å². The number of pyridine rings is 1. The Balaban J connectivity index is 2.94. The normalized spacial score (nSPS) is 10.4. The fraction of sp³-hybridized carbons (Fsp3) is 0.231. The van der Waals surface area contributed by atoms with Crippen molar-refractivity contribution in [3.63, 3.8) is 0 Å². The monoisotopic (exact) mass is 245 g/mol. The zero-order valence-electron chi connectivity index (χ0n) is 10.6. The maximum Gasteiger partial charge on any atom is 0.130 e. The number of nitrogens with one attached hydrogen (secondary N) is 1. The molecule has 1 heterocycles. The van der Waals surface area contributed by atoms with Gasteiger partial charge in [0.25, 0.3) is 0 Å². The number of hydrogen-bond donors (Lipinski definition) is 2. The van der Waals surface area contributed by atoms with Gasteiger partial charge in [-0.1, -0.05) is 0 Å². The number of nitrogens with two attached hydrogens (primary N) is 1. The SMILES string of the molecule is COc1ccc2nc(C)cc(OC)c2c1C(=N)N. The van der Waals surface area contributed by atoms with Crippen LogP contribution in [0.4, 0.5) is 0 Å². The molecule has 0 radical (unpaired) electrons. The van der Waals surface area contributed by atoms with Crippen LogP contribution in [-0.2, 0) is 0 Å². The number of methoxy groups -OCH3 is 2. The molecule has 94 valence electrons. The molecule has 0 aliphatic heterocycles. The van der Waals surface area contributed by atoms with E-state index < -0.39 is 0 Å². The number of hydrogen-bond acceptors (Lipinski definition) is 4. The Hall–Kier alpha value is -2.30. The first kappa shape index (κ1) is 12.2. The predicted octanol–water partition coefficient (Wildman–Crippen LogP) is 1.84. The Morgan fingerprint density at radius 1 is 1.22 bits per heavy atom. The van der Waals surface area contributed by atoms with Crippen LogP contribution in [0.25, 0.3) is 10.9 Å². The van der Waals surface area contributed by atoms with Gasteiger partial charge in [0.1, 0.15) is 17.3 Å². The number of amidine groups is 1. The van der Waals surface area contributed by atoms with Crippen molar-refractivity contribution in [2.75, 3.05) is 14.2 Å². The minimum Gasteiger partial charge on any atom is -0.496 e. The lowest BCUT2D eigenvalue weighted by molar-refractivity contribution is 0.411. The van der Waals surface area contributed by atoms with E-state index in [0.717, 1.165) is 11.2 Å². The standard InChI is InChI=1S/C13H15N3O2/c1-7-6-10(18-3)11-8(16-7)4-5-9(17-2)12(11)13(14)15/h4-6H,1-3H3,(H3,14,15). The lowest BCUT2D eigenvalue weighted by atomic mass is 10.0. The third-order valence-corrected chi connectivity index (χ3v) is 2.74. The number of aryl methyl sites for hydroxylation is 1. The summed E-state index contributed by atoms with van der Waals surface area (Å²) in [5.41, 5.74) is 7.73. The third kappa shape index (κ3) is 1.84. The van der Waals surface area contributed by atoms with Gasteiger partial charge in [0.2, 0.25) is 0 Å². The molecular weight excluding hydrogens is 230 g/mol. The van der Waals surface area contributed by atoms with Gasteiger partial charge in [-0.05, 0) is 19.1 Å². The molecule has 0 saturated heterocycles. The van der Waals surface area contributed by atoms with Gasteiger partial charge in [-0.2, -0.15) is 0 Å². The lowest BCUT2D eigenvalue weighted by Crippen LogP contribution is -2.14. The number of benzene rings is 1. The van der Waals surface area contributed by atoms with Gasteiger partial charge in [0, 0.05) is 11.8 Å². The highest BCUT2D eigenvalue weighted by atomic mass is 16.5. The van der Waals surface area contributed by atoms with Crippen molar-refractivity contribution in [3.05, 3.63) is 29.5 Å². The maximum absolute atomic E-state index is 7.70. The van der Waals surface area contributed by atoms with Gasteiger partial charge in [0.05, 0.1) is 30.7 Å².